The Morgan fingerprint density at radius 2 is 1.73 bits per heavy atom. The predicted octanol–water partition coefficient (Wildman–Crippen LogP) is 3.19. The van der Waals surface area contributed by atoms with Crippen molar-refractivity contribution in [2.75, 3.05) is 0 Å². The lowest BCUT2D eigenvalue weighted by Crippen LogP contribution is -2.57. The lowest BCUT2D eigenvalue weighted by molar-refractivity contribution is -0.143. The number of rotatable bonds is 1. The number of nitrogens with one attached hydrogen (secondary N) is 1. The molecule has 2 nitrogen and oxygen atoms in total. The van der Waals surface area contributed by atoms with Gasteiger partial charge < -0.3 is 5.32 Å². The number of benzene rings is 1. The van der Waals surface area contributed by atoms with Crippen molar-refractivity contribution in [2.24, 2.45) is 5.41 Å². The molecule has 15 heavy (non-hydrogen) atoms. The van der Waals surface area contributed by atoms with Crippen molar-refractivity contribution in [1.29, 1.82) is 0 Å². The molecule has 0 saturated carbocycles. The van der Waals surface area contributed by atoms with Gasteiger partial charge in [0, 0.05) is 10.0 Å². The minimum Gasteiger partial charge on any atom is -0.348 e. The van der Waals surface area contributed by atoms with Crippen molar-refractivity contribution in [1.82, 2.24) is 5.32 Å². The monoisotopic (exact) mass is 243 g/mol. The van der Waals surface area contributed by atoms with Crippen molar-refractivity contribution in [3.8, 4) is 0 Å². The highest BCUT2D eigenvalue weighted by atomic mass is 35.5. The minimum atomic E-state index is -0.381. The van der Waals surface area contributed by atoms with Gasteiger partial charge in [-0.1, -0.05) is 23.2 Å². The normalized spacial score (nSPS) is 23.2. The second-order valence-electron chi connectivity index (χ2n) is 4.33. The summed E-state index contributed by atoms with van der Waals surface area (Å²) in [6.07, 6.45) is 0. The van der Waals surface area contributed by atoms with Gasteiger partial charge in [-0.3, -0.25) is 4.79 Å². The maximum Gasteiger partial charge on any atom is 0.228 e. The van der Waals surface area contributed by atoms with Crippen molar-refractivity contribution < 1.29 is 4.79 Å². The molecule has 1 saturated heterocycles. The van der Waals surface area contributed by atoms with Crippen molar-refractivity contribution in [3.63, 3.8) is 0 Å². The van der Waals surface area contributed by atoms with Gasteiger partial charge in [-0.05, 0) is 37.6 Å². The molecule has 1 aromatic carbocycles. The van der Waals surface area contributed by atoms with Crippen LogP contribution in [0.25, 0.3) is 0 Å². The number of amides is 1. The minimum absolute atomic E-state index is 0.00111. The summed E-state index contributed by atoms with van der Waals surface area (Å²) in [5, 5.41) is 4.03. The van der Waals surface area contributed by atoms with Crippen LogP contribution >= 0.6 is 23.2 Å². The predicted molar refractivity (Wildman–Crippen MR) is 61.1 cm³/mol. The fourth-order valence-electron chi connectivity index (χ4n) is 1.79. The van der Waals surface area contributed by atoms with Gasteiger partial charge in [0.25, 0.3) is 0 Å². The zero-order chi connectivity index (χ0) is 11.2. The van der Waals surface area contributed by atoms with Gasteiger partial charge in [-0.2, -0.15) is 0 Å². The van der Waals surface area contributed by atoms with Crippen LogP contribution in [0, 0.1) is 5.41 Å². The van der Waals surface area contributed by atoms with Gasteiger partial charge in [-0.25, -0.2) is 0 Å². The SMILES string of the molecule is CC1(C)C(=O)N[C@@H]1c1cc(Cl)cc(Cl)c1. The molecule has 1 aliphatic heterocycles. The molecule has 80 valence electrons. The maximum atomic E-state index is 11.3. The molecule has 0 bridgehead atoms. The molecule has 0 aromatic heterocycles. The Morgan fingerprint density at radius 3 is 2.13 bits per heavy atom. The molecule has 1 heterocycles. The quantitative estimate of drug-likeness (QED) is 0.755. The lowest BCUT2D eigenvalue weighted by Gasteiger charge is -2.44. The van der Waals surface area contributed by atoms with Gasteiger partial charge in [0.2, 0.25) is 5.91 Å². The molecule has 0 unspecified atom stereocenters. The van der Waals surface area contributed by atoms with Crippen LogP contribution in [0.4, 0.5) is 0 Å². The molecule has 1 fully saturated rings. The molecular formula is C11H11Cl2NO. The van der Waals surface area contributed by atoms with Crippen molar-refractivity contribution in [3.05, 3.63) is 33.8 Å². The molecule has 0 aliphatic carbocycles. The first-order valence-electron chi connectivity index (χ1n) is 4.68. The zero-order valence-electron chi connectivity index (χ0n) is 8.47. The molecule has 1 N–H and O–H groups in total. The largest absolute Gasteiger partial charge is 0.348 e. The number of hydrogen-bond donors (Lipinski definition) is 1. The van der Waals surface area contributed by atoms with E-state index in [1.54, 1.807) is 6.07 Å². The second kappa shape index (κ2) is 3.39. The van der Waals surface area contributed by atoms with E-state index in [0.717, 1.165) is 5.56 Å². The molecule has 0 radical (unpaired) electrons. The Labute approximate surface area is 98.6 Å². The second-order valence-corrected chi connectivity index (χ2v) is 5.20. The highest BCUT2D eigenvalue weighted by Crippen LogP contribution is 2.42. The van der Waals surface area contributed by atoms with E-state index in [2.05, 4.69) is 5.32 Å². The fraction of sp³-hybridized carbons (Fsp3) is 0.364. The van der Waals surface area contributed by atoms with Gasteiger partial charge in [0.05, 0.1) is 11.5 Å². The average Bonchev–Trinajstić information content (AvgIpc) is 2.12. The van der Waals surface area contributed by atoms with E-state index in [1.807, 2.05) is 26.0 Å². The number of carbonyl (C=O) groups is 1. The van der Waals surface area contributed by atoms with Gasteiger partial charge in [0.1, 0.15) is 0 Å². The fourth-order valence-corrected chi connectivity index (χ4v) is 2.34. The third-order valence-corrected chi connectivity index (χ3v) is 3.24. The van der Waals surface area contributed by atoms with Crippen LogP contribution in [0.2, 0.25) is 10.0 Å². The summed E-state index contributed by atoms with van der Waals surface area (Å²) in [5.74, 6) is 0.0589. The highest BCUT2D eigenvalue weighted by molar-refractivity contribution is 6.34. The summed E-state index contributed by atoms with van der Waals surface area (Å²) in [6, 6.07) is 5.35. The van der Waals surface area contributed by atoms with Crippen LogP contribution in [0.1, 0.15) is 25.5 Å². The highest BCUT2D eigenvalue weighted by Gasteiger charge is 2.47. The van der Waals surface area contributed by atoms with Crippen LogP contribution < -0.4 is 5.32 Å². The van der Waals surface area contributed by atoms with E-state index >= 15 is 0 Å². The average molecular weight is 244 g/mol. The summed E-state index contributed by atoms with van der Waals surface area (Å²) in [4.78, 5) is 11.3. The Bertz CT molecular complexity index is 408. The molecule has 1 aliphatic rings. The van der Waals surface area contributed by atoms with E-state index in [9.17, 15) is 4.79 Å². The first kappa shape index (κ1) is 10.8. The molecule has 0 spiro atoms. The van der Waals surface area contributed by atoms with Crippen molar-refractivity contribution >= 4 is 29.1 Å². The number of halogens is 2. The van der Waals surface area contributed by atoms with E-state index < -0.39 is 0 Å². The Kier molecular flexibility index (Phi) is 2.44. The van der Waals surface area contributed by atoms with E-state index in [-0.39, 0.29) is 17.4 Å². The molecule has 4 heteroatoms. The van der Waals surface area contributed by atoms with Crippen LogP contribution in [0.3, 0.4) is 0 Å². The van der Waals surface area contributed by atoms with Crippen LogP contribution in [-0.2, 0) is 4.79 Å². The summed E-state index contributed by atoms with van der Waals surface area (Å²) in [6.45, 7) is 3.82. The Hall–Kier alpha value is -0.730. The van der Waals surface area contributed by atoms with Crippen LogP contribution in [0.5, 0.6) is 0 Å². The molecular weight excluding hydrogens is 233 g/mol. The third-order valence-electron chi connectivity index (χ3n) is 2.80. The van der Waals surface area contributed by atoms with E-state index in [1.165, 1.54) is 0 Å². The molecule has 1 amide bonds. The summed E-state index contributed by atoms with van der Waals surface area (Å²) in [5.41, 5.74) is 0.575. The summed E-state index contributed by atoms with van der Waals surface area (Å²) in [7, 11) is 0. The summed E-state index contributed by atoms with van der Waals surface area (Å²) >= 11 is 11.8. The first-order valence-corrected chi connectivity index (χ1v) is 5.44. The maximum absolute atomic E-state index is 11.3. The molecule has 2 rings (SSSR count). The van der Waals surface area contributed by atoms with Gasteiger partial charge in [-0.15, -0.1) is 0 Å². The standard InChI is InChI=1S/C11H11Cl2NO/c1-11(2)9(14-10(11)15)6-3-7(12)5-8(13)4-6/h3-5,9H,1-2H3,(H,14,15)/t9-/m1/s1. The van der Waals surface area contributed by atoms with Crippen molar-refractivity contribution in [2.45, 2.75) is 19.9 Å². The molecule has 1 atom stereocenters. The smallest absolute Gasteiger partial charge is 0.228 e. The van der Waals surface area contributed by atoms with Gasteiger partial charge >= 0.3 is 0 Å². The van der Waals surface area contributed by atoms with E-state index in [4.69, 9.17) is 23.2 Å². The summed E-state index contributed by atoms with van der Waals surface area (Å²) < 4.78 is 0. The number of hydrogen-bond acceptors (Lipinski definition) is 1. The Balaban J connectivity index is 2.36. The molecule has 1 aromatic rings. The van der Waals surface area contributed by atoms with Crippen LogP contribution in [-0.4, -0.2) is 5.91 Å². The van der Waals surface area contributed by atoms with Crippen LogP contribution in [0.15, 0.2) is 18.2 Å². The topological polar surface area (TPSA) is 29.1 Å². The lowest BCUT2D eigenvalue weighted by atomic mass is 9.73. The van der Waals surface area contributed by atoms with Gasteiger partial charge in [0.15, 0.2) is 0 Å². The number of β-lactam (4-membered cyclic amide) rings is 1. The first-order chi connectivity index (χ1) is 6.91. The number of carbonyl (C=O) groups excluding carboxylic acids is 1. The third kappa shape index (κ3) is 1.72. The van der Waals surface area contributed by atoms with E-state index in [0.29, 0.717) is 10.0 Å². The zero-order valence-corrected chi connectivity index (χ0v) is 9.99. The Morgan fingerprint density at radius 1 is 1.20 bits per heavy atom.